The first-order valence-corrected chi connectivity index (χ1v) is 9.85. The quantitative estimate of drug-likeness (QED) is 0.795. The fourth-order valence-electron chi connectivity index (χ4n) is 4.01. The molecule has 138 valence electrons. The molecule has 6 nitrogen and oxygen atoms in total. The summed E-state index contributed by atoms with van der Waals surface area (Å²) in [4.78, 5) is 23.2. The van der Waals surface area contributed by atoms with Crippen LogP contribution in [0.15, 0.2) is 12.4 Å². The third-order valence-corrected chi connectivity index (χ3v) is 5.35. The number of hydrogen-bond donors (Lipinski definition) is 2. The molecule has 1 saturated heterocycles. The van der Waals surface area contributed by atoms with E-state index in [0.717, 1.165) is 57.0 Å². The maximum atomic E-state index is 12.2. The van der Waals surface area contributed by atoms with Crippen LogP contribution in [0.2, 0.25) is 0 Å². The van der Waals surface area contributed by atoms with E-state index in [2.05, 4.69) is 32.4 Å². The predicted molar refractivity (Wildman–Crippen MR) is 101 cm³/mol. The minimum Gasteiger partial charge on any atom is -0.370 e. The highest BCUT2D eigenvalue weighted by Gasteiger charge is 2.23. The first kappa shape index (κ1) is 18.0. The topological polar surface area (TPSA) is 70.2 Å². The van der Waals surface area contributed by atoms with Crippen molar-refractivity contribution in [2.75, 3.05) is 29.9 Å². The molecule has 1 saturated carbocycles. The molecule has 0 radical (unpaired) electrons. The Morgan fingerprint density at radius 1 is 1.24 bits per heavy atom. The van der Waals surface area contributed by atoms with E-state index in [4.69, 9.17) is 0 Å². The first-order chi connectivity index (χ1) is 12.2. The number of piperidine rings is 1. The Hall–Kier alpha value is -1.85. The Bertz CT molecular complexity index is 559. The van der Waals surface area contributed by atoms with Crippen molar-refractivity contribution in [1.29, 1.82) is 0 Å². The third kappa shape index (κ3) is 5.31. The minimum absolute atomic E-state index is 0.237. The van der Waals surface area contributed by atoms with E-state index in [1.165, 1.54) is 19.3 Å². The molecule has 6 heteroatoms. The van der Waals surface area contributed by atoms with Gasteiger partial charge in [-0.05, 0) is 44.9 Å². The Kier molecular flexibility index (Phi) is 6.48. The van der Waals surface area contributed by atoms with E-state index in [9.17, 15) is 4.79 Å². The molecule has 0 bridgehead atoms. The van der Waals surface area contributed by atoms with Crippen molar-refractivity contribution in [2.45, 2.75) is 64.3 Å². The van der Waals surface area contributed by atoms with E-state index in [1.54, 1.807) is 6.33 Å². The number of nitrogens with one attached hydrogen (secondary N) is 2. The number of carbonyl (C=O) groups is 1. The molecule has 1 unspecified atom stereocenters. The Labute approximate surface area is 150 Å². The van der Waals surface area contributed by atoms with Crippen molar-refractivity contribution in [1.82, 2.24) is 15.3 Å². The van der Waals surface area contributed by atoms with Crippen molar-refractivity contribution in [3.05, 3.63) is 12.4 Å². The van der Waals surface area contributed by atoms with Gasteiger partial charge in [0.05, 0.1) is 0 Å². The highest BCUT2D eigenvalue weighted by atomic mass is 16.1. The summed E-state index contributed by atoms with van der Waals surface area (Å²) >= 11 is 0. The summed E-state index contributed by atoms with van der Waals surface area (Å²) in [6.45, 7) is 4.94. The molecule has 0 aromatic carbocycles. The molecule has 2 aliphatic rings. The van der Waals surface area contributed by atoms with E-state index in [0.29, 0.717) is 18.4 Å². The molecular weight excluding hydrogens is 314 g/mol. The lowest BCUT2D eigenvalue weighted by atomic mass is 9.93. The molecule has 1 amide bonds. The summed E-state index contributed by atoms with van der Waals surface area (Å²) in [6, 6.07) is 2.46. The van der Waals surface area contributed by atoms with Gasteiger partial charge in [-0.3, -0.25) is 4.79 Å². The van der Waals surface area contributed by atoms with Crippen LogP contribution >= 0.6 is 0 Å². The standard InChI is InChI=1S/C19H31N5O/c1-2-20-17-12-18(22-14-21-17)24-11-5-6-15(13-24)9-10-19(25)23-16-7-3-4-8-16/h12,14-16H,2-11,13H2,1H3,(H,23,25)(H,20,21,22). The van der Waals surface area contributed by atoms with Gasteiger partial charge in [0.15, 0.2) is 0 Å². The van der Waals surface area contributed by atoms with Crippen LogP contribution in [0.1, 0.15) is 58.3 Å². The van der Waals surface area contributed by atoms with Crippen LogP contribution in [0.25, 0.3) is 0 Å². The summed E-state index contributed by atoms with van der Waals surface area (Å²) in [5, 5.41) is 6.44. The molecule has 2 N–H and O–H groups in total. The van der Waals surface area contributed by atoms with Crippen LogP contribution in [-0.2, 0) is 4.79 Å². The van der Waals surface area contributed by atoms with E-state index in [-0.39, 0.29) is 5.91 Å². The summed E-state index contributed by atoms with van der Waals surface area (Å²) < 4.78 is 0. The van der Waals surface area contributed by atoms with Crippen LogP contribution in [0.3, 0.4) is 0 Å². The molecule has 1 aliphatic heterocycles. The maximum absolute atomic E-state index is 12.2. The predicted octanol–water partition coefficient (Wildman–Crippen LogP) is 2.96. The van der Waals surface area contributed by atoms with Gasteiger partial charge in [-0.15, -0.1) is 0 Å². The third-order valence-electron chi connectivity index (χ3n) is 5.35. The fraction of sp³-hybridized carbons (Fsp3) is 0.737. The number of carbonyl (C=O) groups excluding carboxylic acids is 1. The monoisotopic (exact) mass is 345 g/mol. The van der Waals surface area contributed by atoms with Gasteiger partial charge in [0.25, 0.3) is 0 Å². The van der Waals surface area contributed by atoms with Crippen LogP contribution in [0.5, 0.6) is 0 Å². The van der Waals surface area contributed by atoms with Gasteiger partial charge < -0.3 is 15.5 Å². The van der Waals surface area contributed by atoms with Crippen molar-refractivity contribution in [3.63, 3.8) is 0 Å². The summed E-state index contributed by atoms with van der Waals surface area (Å²) in [5.74, 6) is 2.68. The summed E-state index contributed by atoms with van der Waals surface area (Å²) in [6.07, 6.45) is 10.5. The van der Waals surface area contributed by atoms with Crippen molar-refractivity contribution in [2.24, 2.45) is 5.92 Å². The molecule has 1 aromatic heterocycles. The van der Waals surface area contributed by atoms with E-state index < -0.39 is 0 Å². The zero-order valence-corrected chi connectivity index (χ0v) is 15.3. The van der Waals surface area contributed by atoms with Gasteiger partial charge in [-0.1, -0.05) is 12.8 Å². The normalized spacial score (nSPS) is 21.3. The molecule has 3 rings (SSSR count). The van der Waals surface area contributed by atoms with Crippen LogP contribution in [-0.4, -0.2) is 41.6 Å². The van der Waals surface area contributed by atoms with Gasteiger partial charge in [-0.2, -0.15) is 0 Å². The Balaban J connectivity index is 1.47. The zero-order chi connectivity index (χ0) is 17.5. The lowest BCUT2D eigenvalue weighted by molar-refractivity contribution is -0.122. The Morgan fingerprint density at radius 3 is 2.88 bits per heavy atom. The summed E-state index contributed by atoms with van der Waals surface area (Å²) in [5.41, 5.74) is 0. The van der Waals surface area contributed by atoms with Crippen molar-refractivity contribution in [3.8, 4) is 0 Å². The van der Waals surface area contributed by atoms with Crippen LogP contribution < -0.4 is 15.5 Å². The molecular formula is C19H31N5O. The largest absolute Gasteiger partial charge is 0.370 e. The number of amides is 1. The Morgan fingerprint density at radius 2 is 2.08 bits per heavy atom. The molecule has 1 aromatic rings. The average molecular weight is 345 g/mol. The molecule has 1 atom stereocenters. The molecule has 1 aliphatic carbocycles. The van der Waals surface area contributed by atoms with Gasteiger partial charge in [0, 0.05) is 38.2 Å². The minimum atomic E-state index is 0.237. The first-order valence-electron chi connectivity index (χ1n) is 9.85. The number of aromatic nitrogens is 2. The molecule has 0 spiro atoms. The second-order valence-corrected chi connectivity index (χ2v) is 7.33. The maximum Gasteiger partial charge on any atom is 0.220 e. The lowest BCUT2D eigenvalue weighted by Gasteiger charge is -2.33. The van der Waals surface area contributed by atoms with E-state index in [1.807, 2.05) is 6.07 Å². The molecule has 25 heavy (non-hydrogen) atoms. The smallest absolute Gasteiger partial charge is 0.220 e. The highest BCUT2D eigenvalue weighted by Crippen LogP contribution is 2.25. The number of anilines is 2. The van der Waals surface area contributed by atoms with Gasteiger partial charge in [-0.25, -0.2) is 9.97 Å². The molecule has 2 heterocycles. The highest BCUT2D eigenvalue weighted by molar-refractivity contribution is 5.76. The lowest BCUT2D eigenvalue weighted by Crippen LogP contribution is -2.37. The summed E-state index contributed by atoms with van der Waals surface area (Å²) in [7, 11) is 0. The number of hydrogen-bond acceptors (Lipinski definition) is 5. The van der Waals surface area contributed by atoms with Crippen molar-refractivity contribution < 1.29 is 4.79 Å². The second-order valence-electron chi connectivity index (χ2n) is 7.33. The number of rotatable bonds is 7. The van der Waals surface area contributed by atoms with E-state index >= 15 is 0 Å². The second kappa shape index (κ2) is 9.02. The molecule has 2 fully saturated rings. The van der Waals surface area contributed by atoms with Crippen LogP contribution in [0.4, 0.5) is 11.6 Å². The van der Waals surface area contributed by atoms with Gasteiger partial charge in [0.2, 0.25) is 5.91 Å². The SMILES string of the molecule is CCNc1cc(N2CCCC(CCC(=O)NC3CCCC3)C2)ncn1. The zero-order valence-electron chi connectivity index (χ0n) is 15.3. The van der Waals surface area contributed by atoms with Gasteiger partial charge in [0.1, 0.15) is 18.0 Å². The number of nitrogens with zero attached hydrogens (tertiary/aromatic N) is 3. The average Bonchev–Trinajstić information content (AvgIpc) is 3.14. The van der Waals surface area contributed by atoms with Crippen LogP contribution in [0, 0.1) is 5.92 Å². The van der Waals surface area contributed by atoms with Crippen molar-refractivity contribution >= 4 is 17.5 Å². The fourth-order valence-corrected chi connectivity index (χ4v) is 4.01. The van der Waals surface area contributed by atoms with Gasteiger partial charge >= 0.3 is 0 Å².